The Balaban J connectivity index is 1.73. The molecule has 0 aliphatic heterocycles. The molecule has 0 bridgehead atoms. The number of nitrogens with zero attached hydrogens (tertiary/aromatic N) is 2. The van der Waals surface area contributed by atoms with Gasteiger partial charge >= 0.3 is 5.97 Å². The van der Waals surface area contributed by atoms with Crippen molar-refractivity contribution in [3.05, 3.63) is 34.6 Å². The average Bonchev–Trinajstić information content (AvgIpc) is 2.87. The Labute approximate surface area is 132 Å². The Morgan fingerprint density at radius 3 is 2.77 bits per heavy atom. The van der Waals surface area contributed by atoms with Crippen molar-refractivity contribution in [2.24, 2.45) is 11.8 Å². The summed E-state index contributed by atoms with van der Waals surface area (Å²) in [7, 11) is 0. The summed E-state index contributed by atoms with van der Waals surface area (Å²) in [5, 5.41) is 2.73. The number of thiazole rings is 1. The average molecular weight is 318 g/mol. The Morgan fingerprint density at radius 2 is 2.18 bits per heavy atom. The maximum Gasteiger partial charge on any atom is 0.309 e. The van der Waals surface area contributed by atoms with Gasteiger partial charge in [0.1, 0.15) is 0 Å². The van der Waals surface area contributed by atoms with Crippen LogP contribution in [0.5, 0.6) is 0 Å². The van der Waals surface area contributed by atoms with E-state index in [2.05, 4.69) is 4.98 Å². The van der Waals surface area contributed by atoms with Gasteiger partial charge in [0.05, 0.1) is 5.92 Å². The zero-order chi connectivity index (χ0) is 15.9. The molecule has 1 aliphatic carbocycles. The van der Waals surface area contributed by atoms with Crippen LogP contribution in [0.15, 0.2) is 17.6 Å². The van der Waals surface area contributed by atoms with Crippen LogP contribution >= 0.6 is 11.3 Å². The molecule has 3 rings (SSSR count). The number of ketones is 1. The van der Waals surface area contributed by atoms with Crippen LogP contribution in [-0.4, -0.2) is 27.9 Å². The molecule has 2 aromatic heterocycles. The molecule has 0 amide bonds. The van der Waals surface area contributed by atoms with Crippen molar-refractivity contribution >= 4 is 23.1 Å². The van der Waals surface area contributed by atoms with E-state index in [4.69, 9.17) is 4.74 Å². The van der Waals surface area contributed by atoms with Gasteiger partial charge in [0.2, 0.25) is 5.78 Å². The normalized spacial score (nSPS) is 20.0. The second kappa shape index (κ2) is 5.68. The third-order valence-electron chi connectivity index (χ3n) is 4.10. The largest absolute Gasteiger partial charge is 0.457 e. The number of carbonyl (C=O) groups is 2. The van der Waals surface area contributed by atoms with E-state index in [1.165, 1.54) is 11.3 Å². The summed E-state index contributed by atoms with van der Waals surface area (Å²) in [5.41, 5.74) is 2.36. The van der Waals surface area contributed by atoms with Crippen LogP contribution in [0.1, 0.15) is 35.1 Å². The lowest BCUT2D eigenvalue weighted by molar-refractivity contribution is -0.144. The van der Waals surface area contributed by atoms with Crippen molar-refractivity contribution in [1.29, 1.82) is 0 Å². The summed E-state index contributed by atoms with van der Waals surface area (Å²) in [6.45, 7) is 5.63. The van der Waals surface area contributed by atoms with Gasteiger partial charge in [-0.15, -0.1) is 11.3 Å². The zero-order valence-corrected chi connectivity index (χ0v) is 13.6. The lowest BCUT2D eigenvalue weighted by atomic mass is 10.1. The van der Waals surface area contributed by atoms with Gasteiger partial charge < -0.3 is 4.74 Å². The molecule has 5 nitrogen and oxygen atoms in total. The number of Topliss-reactive ketones (excluding diaryl/α,β-unsaturated/α-hetero) is 1. The van der Waals surface area contributed by atoms with Gasteiger partial charge in [0, 0.05) is 28.5 Å². The van der Waals surface area contributed by atoms with E-state index in [0.29, 0.717) is 11.5 Å². The van der Waals surface area contributed by atoms with Gasteiger partial charge in [-0.25, -0.2) is 4.98 Å². The molecule has 1 fully saturated rings. The third kappa shape index (κ3) is 2.70. The van der Waals surface area contributed by atoms with Gasteiger partial charge in [-0.3, -0.25) is 14.2 Å². The van der Waals surface area contributed by atoms with Gasteiger partial charge in [0.25, 0.3) is 0 Å². The predicted molar refractivity (Wildman–Crippen MR) is 83.5 cm³/mol. The van der Waals surface area contributed by atoms with E-state index in [1.54, 1.807) is 6.20 Å². The van der Waals surface area contributed by atoms with Crippen LogP contribution in [0.2, 0.25) is 0 Å². The smallest absolute Gasteiger partial charge is 0.309 e. The minimum Gasteiger partial charge on any atom is -0.457 e. The number of ether oxygens (including phenoxy) is 1. The summed E-state index contributed by atoms with van der Waals surface area (Å²) >= 11 is 1.52. The zero-order valence-electron chi connectivity index (χ0n) is 12.8. The summed E-state index contributed by atoms with van der Waals surface area (Å²) < 4.78 is 7.08. The highest BCUT2D eigenvalue weighted by molar-refractivity contribution is 7.12. The molecule has 0 N–H and O–H groups in total. The molecule has 6 heteroatoms. The van der Waals surface area contributed by atoms with E-state index in [9.17, 15) is 9.59 Å². The van der Waals surface area contributed by atoms with Gasteiger partial charge in [-0.2, -0.15) is 0 Å². The predicted octanol–water partition coefficient (Wildman–Crippen LogP) is 2.93. The van der Waals surface area contributed by atoms with Crippen LogP contribution in [0, 0.1) is 25.7 Å². The van der Waals surface area contributed by atoms with Gasteiger partial charge in [0.15, 0.2) is 11.7 Å². The van der Waals surface area contributed by atoms with Crippen molar-refractivity contribution in [2.45, 2.75) is 27.2 Å². The summed E-state index contributed by atoms with van der Waals surface area (Å²) in [4.78, 5) is 28.3. The van der Waals surface area contributed by atoms with Crippen LogP contribution in [0.25, 0.3) is 5.13 Å². The van der Waals surface area contributed by atoms with Crippen molar-refractivity contribution in [2.75, 3.05) is 6.61 Å². The summed E-state index contributed by atoms with van der Waals surface area (Å²) in [6.07, 6.45) is 2.60. The van der Waals surface area contributed by atoms with Crippen molar-refractivity contribution < 1.29 is 14.3 Å². The first-order chi connectivity index (χ1) is 10.5. The highest BCUT2D eigenvalue weighted by atomic mass is 32.1. The molecule has 0 unspecified atom stereocenters. The van der Waals surface area contributed by atoms with Crippen LogP contribution < -0.4 is 0 Å². The number of carbonyl (C=O) groups excluding carboxylic acids is 2. The number of esters is 1. The molecule has 2 heterocycles. The summed E-state index contributed by atoms with van der Waals surface area (Å²) in [6, 6.07) is 1.83. The molecule has 0 spiro atoms. The Bertz CT molecular complexity index is 718. The van der Waals surface area contributed by atoms with Crippen molar-refractivity contribution in [3.63, 3.8) is 0 Å². The number of hydrogen-bond donors (Lipinski definition) is 0. The fourth-order valence-electron chi connectivity index (χ4n) is 2.64. The van der Waals surface area contributed by atoms with Crippen LogP contribution in [-0.2, 0) is 9.53 Å². The molecule has 2 atom stereocenters. The molecular weight excluding hydrogens is 300 g/mol. The van der Waals surface area contributed by atoms with Crippen molar-refractivity contribution in [3.8, 4) is 5.13 Å². The second-order valence-electron chi connectivity index (χ2n) is 5.79. The molecule has 0 aromatic carbocycles. The fraction of sp³-hybridized carbons (Fsp3) is 0.438. The first kappa shape index (κ1) is 15.0. The maximum atomic E-state index is 12.3. The maximum absolute atomic E-state index is 12.3. The second-order valence-corrected chi connectivity index (χ2v) is 6.66. The number of rotatable bonds is 5. The standard InChI is InChI=1S/C16H18N2O3S/c1-9-6-12(9)15(20)21-8-14(19)13-7-10(2)18(11(13)3)16-17-4-5-22-16/h4-5,7,9,12H,6,8H2,1-3H3/t9-,12-/m1/s1. The Hall–Kier alpha value is -1.95. The number of hydrogen-bond acceptors (Lipinski definition) is 5. The van der Waals surface area contributed by atoms with Crippen LogP contribution in [0.3, 0.4) is 0 Å². The molecule has 1 saturated carbocycles. The molecule has 0 radical (unpaired) electrons. The molecule has 2 aromatic rings. The minimum atomic E-state index is -0.255. The third-order valence-corrected chi connectivity index (χ3v) is 4.86. The van der Waals surface area contributed by atoms with Gasteiger partial charge in [-0.05, 0) is 32.3 Å². The highest BCUT2D eigenvalue weighted by Gasteiger charge is 2.40. The molecular formula is C16H18N2O3S. The number of aryl methyl sites for hydroxylation is 1. The highest BCUT2D eigenvalue weighted by Crippen LogP contribution is 2.38. The van der Waals surface area contributed by atoms with Crippen molar-refractivity contribution in [1.82, 2.24) is 9.55 Å². The molecule has 22 heavy (non-hydrogen) atoms. The van der Waals surface area contributed by atoms with E-state index in [-0.39, 0.29) is 24.3 Å². The Kier molecular flexibility index (Phi) is 3.87. The molecule has 0 saturated heterocycles. The molecule has 1 aliphatic rings. The lowest BCUT2D eigenvalue weighted by Crippen LogP contribution is -2.16. The Morgan fingerprint density at radius 1 is 1.45 bits per heavy atom. The lowest BCUT2D eigenvalue weighted by Gasteiger charge is -2.06. The van der Waals surface area contributed by atoms with Crippen LogP contribution in [0.4, 0.5) is 0 Å². The van der Waals surface area contributed by atoms with E-state index >= 15 is 0 Å². The van der Waals surface area contributed by atoms with E-state index in [1.807, 2.05) is 36.8 Å². The SMILES string of the molecule is Cc1cc(C(=O)COC(=O)[C@@H]2C[C@H]2C)c(C)n1-c1nccs1. The summed E-state index contributed by atoms with van der Waals surface area (Å²) in [5.74, 6) is -0.0553. The first-order valence-corrected chi connectivity index (χ1v) is 8.15. The monoisotopic (exact) mass is 318 g/mol. The number of aromatic nitrogens is 2. The fourth-order valence-corrected chi connectivity index (χ4v) is 3.39. The minimum absolute atomic E-state index is 0.0180. The topological polar surface area (TPSA) is 61.2 Å². The van der Waals surface area contributed by atoms with E-state index in [0.717, 1.165) is 22.9 Å². The van der Waals surface area contributed by atoms with E-state index < -0.39 is 0 Å². The van der Waals surface area contributed by atoms with Gasteiger partial charge in [-0.1, -0.05) is 6.92 Å². The first-order valence-electron chi connectivity index (χ1n) is 7.27. The molecule has 116 valence electrons. The quantitative estimate of drug-likeness (QED) is 0.628.